The highest BCUT2D eigenvalue weighted by atomic mass is 16.1. The number of amides is 1. The van der Waals surface area contributed by atoms with E-state index in [1.165, 1.54) is 63.6 Å². The molecule has 3 aliphatic rings. The first-order valence-corrected chi connectivity index (χ1v) is 12.8. The van der Waals surface area contributed by atoms with Crippen LogP contribution in [0.2, 0.25) is 0 Å². The summed E-state index contributed by atoms with van der Waals surface area (Å²) in [4.78, 5) is 25.7. The molecule has 0 atom stereocenters. The molecule has 1 saturated carbocycles. The van der Waals surface area contributed by atoms with Gasteiger partial charge in [-0.25, -0.2) is 9.97 Å². The van der Waals surface area contributed by atoms with Crippen LogP contribution in [0.3, 0.4) is 0 Å². The summed E-state index contributed by atoms with van der Waals surface area (Å²) < 4.78 is 1.82. The minimum atomic E-state index is -0.507. The highest BCUT2D eigenvalue weighted by Gasteiger charge is 2.39. The van der Waals surface area contributed by atoms with E-state index in [0.717, 1.165) is 42.6 Å². The standard InChI is InChI=1S/C27H34N6O/c28-26(34)23-19-33-11-6-20(17-25(33)30-23)16-21-4-5-24(29-18-21)32-14-9-27(10-15-32)7-12-31(13-8-27)22-2-1-3-22/h4-6,11,17-19,22H,1-3,7-10,12-16H2,(H2,28,34). The van der Waals surface area contributed by atoms with E-state index in [2.05, 4.69) is 26.9 Å². The van der Waals surface area contributed by atoms with Gasteiger partial charge in [0.25, 0.3) is 5.91 Å². The summed E-state index contributed by atoms with van der Waals surface area (Å²) in [6.45, 7) is 4.86. The molecule has 6 rings (SSSR count). The van der Waals surface area contributed by atoms with Gasteiger partial charge in [-0.05, 0) is 92.8 Å². The molecule has 178 valence electrons. The summed E-state index contributed by atoms with van der Waals surface area (Å²) in [7, 11) is 0. The second-order valence-corrected chi connectivity index (χ2v) is 10.6. The number of fused-ring (bicyclic) bond motifs is 1. The topological polar surface area (TPSA) is 79.8 Å². The van der Waals surface area contributed by atoms with Crippen molar-refractivity contribution in [2.24, 2.45) is 11.1 Å². The van der Waals surface area contributed by atoms with Gasteiger partial charge in [-0.1, -0.05) is 12.5 Å². The zero-order valence-electron chi connectivity index (χ0n) is 19.8. The molecular formula is C27H34N6O. The third-order valence-corrected chi connectivity index (χ3v) is 8.59. The van der Waals surface area contributed by atoms with Gasteiger partial charge in [0.1, 0.15) is 17.2 Å². The lowest BCUT2D eigenvalue weighted by Gasteiger charge is -2.50. The maximum absolute atomic E-state index is 11.4. The number of nitrogens with two attached hydrogens (primary N) is 1. The third kappa shape index (κ3) is 4.17. The van der Waals surface area contributed by atoms with Gasteiger partial charge in [0.15, 0.2) is 0 Å². The van der Waals surface area contributed by atoms with Crippen molar-refractivity contribution in [2.75, 3.05) is 31.1 Å². The highest BCUT2D eigenvalue weighted by molar-refractivity contribution is 5.91. The monoisotopic (exact) mass is 458 g/mol. The van der Waals surface area contributed by atoms with E-state index < -0.39 is 5.91 Å². The van der Waals surface area contributed by atoms with Crippen molar-refractivity contribution in [3.8, 4) is 0 Å². The molecule has 1 spiro atoms. The number of carbonyl (C=O) groups excluding carboxylic acids is 1. The maximum atomic E-state index is 11.4. The lowest BCUT2D eigenvalue weighted by molar-refractivity contribution is 0.0305. The molecule has 1 aliphatic carbocycles. The number of anilines is 1. The Kier molecular flexibility index (Phi) is 5.52. The maximum Gasteiger partial charge on any atom is 0.268 e. The van der Waals surface area contributed by atoms with Crippen LogP contribution in [0, 0.1) is 5.41 Å². The zero-order chi connectivity index (χ0) is 23.1. The first kappa shape index (κ1) is 21.6. The van der Waals surface area contributed by atoms with Gasteiger partial charge in [-0.2, -0.15) is 0 Å². The van der Waals surface area contributed by atoms with Crippen molar-refractivity contribution in [2.45, 2.75) is 57.4 Å². The average molecular weight is 459 g/mol. The molecule has 0 aromatic carbocycles. The third-order valence-electron chi connectivity index (χ3n) is 8.59. The van der Waals surface area contributed by atoms with Crippen LogP contribution in [-0.2, 0) is 6.42 Å². The molecule has 5 heterocycles. The minimum absolute atomic E-state index is 0.287. The molecule has 0 bridgehead atoms. The predicted molar refractivity (Wildman–Crippen MR) is 133 cm³/mol. The van der Waals surface area contributed by atoms with E-state index in [1.807, 2.05) is 28.9 Å². The molecule has 7 nitrogen and oxygen atoms in total. The number of nitrogens with zero attached hydrogens (tertiary/aromatic N) is 5. The normalized spacial score (nSPS) is 21.1. The Balaban J connectivity index is 1.05. The number of hydrogen-bond donors (Lipinski definition) is 1. The second-order valence-electron chi connectivity index (χ2n) is 10.6. The van der Waals surface area contributed by atoms with E-state index in [0.29, 0.717) is 5.41 Å². The van der Waals surface area contributed by atoms with Crippen LogP contribution in [-0.4, -0.2) is 57.4 Å². The van der Waals surface area contributed by atoms with Crippen molar-refractivity contribution in [3.63, 3.8) is 0 Å². The number of imidazole rings is 1. The van der Waals surface area contributed by atoms with Gasteiger partial charge >= 0.3 is 0 Å². The van der Waals surface area contributed by atoms with Gasteiger partial charge in [-0.3, -0.25) is 4.79 Å². The number of carbonyl (C=O) groups is 1. The molecule has 3 aromatic heterocycles. The second kappa shape index (κ2) is 8.69. The first-order valence-electron chi connectivity index (χ1n) is 12.8. The molecule has 7 heteroatoms. The molecule has 1 amide bonds. The molecule has 0 radical (unpaired) electrons. The number of pyridine rings is 2. The average Bonchev–Trinajstić information content (AvgIpc) is 3.25. The molecule has 2 aliphatic heterocycles. The van der Waals surface area contributed by atoms with Crippen LogP contribution in [0.15, 0.2) is 42.9 Å². The Morgan fingerprint density at radius 2 is 1.79 bits per heavy atom. The van der Waals surface area contributed by atoms with Crippen LogP contribution in [0.5, 0.6) is 0 Å². The van der Waals surface area contributed by atoms with Crippen molar-refractivity contribution < 1.29 is 4.79 Å². The van der Waals surface area contributed by atoms with Crippen molar-refractivity contribution in [3.05, 3.63) is 59.7 Å². The van der Waals surface area contributed by atoms with Crippen LogP contribution in [0.4, 0.5) is 5.82 Å². The lowest BCUT2D eigenvalue weighted by atomic mass is 9.70. The number of primary amides is 1. The number of likely N-dealkylation sites (tertiary alicyclic amines) is 1. The van der Waals surface area contributed by atoms with Crippen LogP contribution >= 0.6 is 0 Å². The smallest absolute Gasteiger partial charge is 0.268 e. The Labute approximate surface area is 201 Å². The Bertz CT molecular complexity index is 1160. The van der Waals surface area contributed by atoms with Crippen molar-refractivity contribution in [1.29, 1.82) is 0 Å². The molecule has 34 heavy (non-hydrogen) atoms. The summed E-state index contributed by atoms with van der Waals surface area (Å²) in [5, 5.41) is 0. The molecule has 3 aromatic rings. The summed E-state index contributed by atoms with van der Waals surface area (Å²) in [6.07, 6.45) is 16.0. The predicted octanol–water partition coefficient (Wildman–Crippen LogP) is 3.65. The Morgan fingerprint density at radius 3 is 2.44 bits per heavy atom. The summed E-state index contributed by atoms with van der Waals surface area (Å²) in [5.74, 6) is 0.591. The molecule has 2 N–H and O–H groups in total. The molecule has 0 unspecified atom stereocenters. The SMILES string of the molecule is NC(=O)c1cn2ccc(Cc3ccc(N4CCC5(CC4)CCN(C4CCC4)CC5)nc3)cc2n1. The van der Waals surface area contributed by atoms with Gasteiger partial charge in [-0.15, -0.1) is 0 Å². The van der Waals surface area contributed by atoms with E-state index in [9.17, 15) is 4.79 Å². The summed E-state index contributed by atoms with van der Waals surface area (Å²) in [6, 6.07) is 9.31. The fourth-order valence-corrected chi connectivity index (χ4v) is 6.02. The van der Waals surface area contributed by atoms with E-state index in [4.69, 9.17) is 10.7 Å². The molecule has 3 fully saturated rings. The molecular weight excluding hydrogens is 424 g/mol. The lowest BCUT2D eigenvalue weighted by Crippen LogP contribution is -2.51. The van der Waals surface area contributed by atoms with Gasteiger partial charge in [0, 0.05) is 37.7 Å². The van der Waals surface area contributed by atoms with Crippen LogP contribution < -0.4 is 10.6 Å². The number of aromatic nitrogens is 3. The van der Waals surface area contributed by atoms with E-state index in [-0.39, 0.29) is 5.69 Å². The number of rotatable bonds is 5. The quantitative estimate of drug-likeness (QED) is 0.631. The number of piperidine rings is 2. The van der Waals surface area contributed by atoms with Crippen LogP contribution in [0.25, 0.3) is 5.65 Å². The Hall–Kier alpha value is -2.93. The molecule has 2 saturated heterocycles. The number of hydrogen-bond acceptors (Lipinski definition) is 5. The van der Waals surface area contributed by atoms with E-state index in [1.54, 1.807) is 6.20 Å². The zero-order valence-corrected chi connectivity index (χ0v) is 19.8. The highest BCUT2D eigenvalue weighted by Crippen LogP contribution is 2.43. The van der Waals surface area contributed by atoms with Crippen molar-refractivity contribution in [1.82, 2.24) is 19.3 Å². The van der Waals surface area contributed by atoms with Gasteiger partial charge in [0.2, 0.25) is 0 Å². The van der Waals surface area contributed by atoms with E-state index >= 15 is 0 Å². The minimum Gasteiger partial charge on any atom is -0.364 e. The largest absolute Gasteiger partial charge is 0.364 e. The van der Waals surface area contributed by atoms with Crippen LogP contribution in [0.1, 0.15) is 66.6 Å². The van der Waals surface area contributed by atoms with Gasteiger partial charge < -0.3 is 19.9 Å². The van der Waals surface area contributed by atoms with Crippen molar-refractivity contribution >= 4 is 17.4 Å². The summed E-state index contributed by atoms with van der Waals surface area (Å²) in [5.41, 5.74) is 9.25. The summed E-state index contributed by atoms with van der Waals surface area (Å²) >= 11 is 0. The first-order chi connectivity index (χ1) is 16.6. The Morgan fingerprint density at radius 1 is 1.03 bits per heavy atom. The van der Waals surface area contributed by atoms with Gasteiger partial charge in [0.05, 0.1) is 0 Å². The fourth-order valence-electron chi connectivity index (χ4n) is 6.02. The fraction of sp³-hybridized carbons (Fsp3) is 0.519.